The van der Waals surface area contributed by atoms with Crippen LogP contribution < -0.4 is 29.6 Å². The molecule has 34 N–H and O–H groups in total. The van der Waals surface area contributed by atoms with Gasteiger partial charge in [-0.15, -0.1) is 0 Å². The van der Waals surface area contributed by atoms with Gasteiger partial charge in [0.05, 0.1) is 0 Å². The minimum atomic E-state index is -4.67. The van der Waals surface area contributed by atoms with Crippen LogP contribution in [0.15, 0.2) is 0 Å². The van der Waals surface area contributed by atoms with Crippen LogP contribution in [0.3, 0.4) is 0 Å². The molecule has 0 aliphatic heterocycles. The molecule has 0 unspecified atom stereocenters. The van der Waals surface area contributed by atoms with Gasteiger partial charge in [-0.25, -0.2) is 0 Å². The Kier molecular flexibility index (Phi) is 5560. The maximum atomic E-state index is 8.74. The first-order valence-electron chi connectivity index (χ1n) is 0.698. The fraction of sp³-hybridized carbons (Fsp3) is 0. The summed E-state index contributed by atoms with van der Waals surface area (Å²) >= 11 is 0. The molecule has 0 fully saturated rings. The van der Waals surface area contributed by atoms with Crippen molar-refractivity contribution in [3.63, 3.8) is 0 Å². The van der Waals surface area contributed by atoms with E-state index < -0.39 is 10.4 Å². The van der Waals surface area contributed by atoms with E-state index in [1.165, 1.54) is 0 Å². The van der Waals surface area contributed by atoms with E-state index in [0.717, 1.165) is 0 Å². The zero-order chi connectivity index (χ0) is 4.50. The summed E-state index contributed by atoms with van der Waals surface area (Å²) in [6.45, 7) is 0. The van der Waals surface area contributed by atoms with Crippen LogP contribution in [0, 0.1) is 0 Å². The Morgan fingerprint density at radius 3 is 0.435 bits per heavy atom. The molecule has 0 atom stereocenters. The zero-order valence-electron chi connectivity index (χ0n) is 12.1. The number of hydrogen-bond acceptors (Lipinski definition) is 2. The van der Waals surface area contributed by atoms with Crippen LogP contribution in [0.4, 0.5) is 0 Å². The van der Waals surface area contributed by atoms with Crippen molar-refractivity contribution in [1.82, 2.24) is 0 Å². The van der Waals surface area contributed by atoms with E-state index in [2.05, 4.69) is 0 Å². The molecule has 20 nitrogen and oxygen atoms in total. The molecule has 0 saturated carbocycles. The summed E-state index contributed by atoms with van der Waals surface area (Å²) in [6, 6.07) is 0. The Balaban J connectivity index is -0.000000000468. The van der Waals surface area contributed by atoms with Crippen LogP contribution in [0.2, 0.25) is 0 Å². The molecule has 23 heavy (non-hydrogen) atoms. The van der Waals surface area contributed by atoms with Crippen molar-refractivity contribution >= 4 is 27.8 Å². The molecule has 0 bridgehead atoms. The number of rotatable bonds is 0. The monoisotopic (exact) mass is 440 g/mol. The molecular weight excluding hydrogens is 402 g/mol. The summed E-state index contributed by atoms with van der Waals surface area (Å²) in [5.74, 6) is 0. The second-order valence-corrected chi connectivity index (χ2v) is 1.34. The smallest absolute Gasteiger partial charge is 1.00 e. The van der Waals surface area contributed by atoms with E-state index in [9.17, 15) is 0 Å². The fourth-order valence-corrected chi connectivity index (χ4v) is 0. The third kappa shape index (κ3) is 16900. The summed E-state index contributed by atoms with van der Waals surface area (Å²) < 4.78 is 31.6. The van der Waals surface area contributed by atoms with Gasteiger partial charge in [0.1, 0.15) is 0 Å². The number of hydrogen-bond donors (Lipinski definition) is 2. The van der Waals surface area contributed by atoms with Gasteiger partial charge in [0.2, 0.25) is 0 Å². The first-order chi connectivity index (χ1) is 2.00. The van der Waals surface area contributed by atoms with Crippen LogP contribution in [0.25, 0.3) is 0 Å². The maximum absolute atomic E-state index is 8.74. The first-order valence-corrected chi connectivity index (χ1v) is 2.10. The molecule has 0 heterocycles. The van der Waals surface area contributed by atoms with E-state index in [4.69, 9.17) is 17.5 Å². The van der Waals surface area contributed by atoms with Crippen molar-refractivity contribution in [2.45, 2.75) is 0 Å². The topological polar surface area (TPSA) is 579 Å². The van der Waals surface area contributed by atoms with Gasteiger partial charge in [-0.3, -0.25) is 9.11 Å². The maximum Gasteiger partial charge on any atom is 1.00 e. The van der Waals surface area contributed by atoms with Crippen LogP contribution in [-0.2, 0) is 10.4 Å². The Hall–Kier alpha value is 0.762. The average molecular weight is 440 g/mol. The molecule has 0 rings (SSSR count). The van der Waals surface area contributed by atoms with Crippen LogP contribution in [0.1, 0.15) is 1.43 Å². The average Bonchev–Trinajstić information content (AvgIpc) is 0.722. The molecule has 0 aliphatic rings. The molecule has 0 saturated heterocycles. The second kappa shape index (κ2) is 236. The summed E-state index contributed by atoms with van der Waals surface area (Å²) in [5.41, 5.74) is 0. The van der Waals surface area contributed by atoms with E-state index in [1.807, 2.05) is 0 Å². The molecule has 0 aromatic heterocycles. The van der Waals surface area contributed by atoms with Gasteiger partial charge in [0, 0.05) is 0 Å². The van der Waals surface area contributed by atoms with Crippen LogP contribution >= 0.6 is 0 Å². The standard InChI is InChI=1S/Al.Na.H2O4S.16H2O.4H/c;;1-5(2,3)4;;;;;;;;;;;;;;;;;;;;/h;;(H2,1,2,3,4);16*1H2;;;;/q;+1;;;;;;;;;;;;;;;;;;;;;-1. The van der Waals surface area contributed by atoms with Crippen molar-refractivity contribution in [2.24, 2.45) is 0 Å². The Labute approximate surface area is 163 Å². The molecule has 0 radical (unpaired) electrons. The van der Waals surface area contributed by atoms with E-state index in [0.29, 0.717) is 0 Å². The van der Waals surface area contributed by atoms with Crippen LogP contribution in [0.5, 0.6) is 0 Å². The Morgan fingerprint density at radius 1 is 0.435 bits per heavy atom. The predicted molar refractivity (Wildman–Crippen MR) is 83.0 cm³/mol. The van der Waals surface area contributed by atoms with Gasteiger partial charge in [0.15, 0.2) is 17.4 Å². The zero-order valence-corrected chi connectivity index (χ0v) is 13.9. The van der Waals surface area contributed by atoms with Crippen molar-refractivity contribution in [1.29, 1.82) is 0 Å². The molecule has 23 heteroatoms. The van der Waals surface area contributed by atoms with Crippen LogP contribution in [-0.4, -0.2) is 123 Å². The van der Waals surface area contributed by atoms with Gasteiger partial charge in [-0.1, -0.05) is 0 Å². The van der Waals surface area contributed by atoms with Gasteiger partial charge in [-0.2, -0.15) is 8.42 Å². The predicted octanol–water partition coefficient (Wildman–Crippen LogP) is -17.9. The van der Waals surface area contributed by atoms with E-state index in [-0.39, 0.29) is 136 Å². The first kappa shape index (κ1) is 543. The van der Waals surface area contributed by atoms with Gasteiger partial charge in [0.25, 0.3) is 0 Å². The normalized spacial score (nSPS) is 2.52. The SMILES string of the molecule is O.O.O.O.O.O.O.O.O.O.O.O.O.O.O.O.O=S(=O)(O)O.[AlH3].[H-].[Na+]. The quantitative estimate of drug-likeness (QED) is 0.273. The van der Waals surface area contributed by atoms with Gasteiger partial charge in [-0.05, 0) is 0 Å². The van der Waals surface area contributed by atoms with E-state index >= 15 is 0 Å². The molecule has 0 aromatic rings. The summed E-state index contributed by atoms with van der Waals surface area (Å²) in [4.78, 5) is 0. The summed E-state index contributed by atoms with van der Waals surface area (Å²) in [5, 5.41) is 0. The molecule has 0 aromatic carbocycles. The molecule has 0 amide bonds. The fourth-order valence-electron chi connectivity index (χ4n) is 0. The minimum Gasteiger partial charge on any atom is -1.00 e. The van der Waals surface area contributed by atoms with Gasteiger partial charge >= 0.3 is 40.0 Å². The summed E-state index contributed by atoms with van der Waals surface area (Å²) in [6.07, 6.45) is 0. The third-order valence-electron chi connectivity index (χ3n) is 0. The van der Waals surface area contributed by atoms with Gasteiger partial charge < -0.3 is 89.0 Å². The summed E-state index contributed by atoms with van der Waals surface area (Å²) in [7, 11) is -4.67. The molecule has 168 valence electrons. The third-order valence-corrected chi connectivity index (χ3v) is 0. The van der Waals surface area contributed by atoms with E-state index in [1.54, 1.807) is 0 Å². The Bertz CT molecular complexity index is 107. The second-order valence-electron chi connectivity index (χ2n) is 0.448. The molecule has 0 spiro atoms. The largest absolute Gasteiger partial charge is 1.00 e. The Morgan fingerprint density at radius 2 is 0.435 bits per heavy atom. The minimum absolute atomic E-state index is 0. The molecular formula is H38AlNaO20S. The van der Waals surface area contributed by atoms with Crippen molar-refractivity contribution < 1.29 is 136 Å². The molecule has 0 aliphatic carbocycles. The van der Waals surface area contributed by atoms with Crippen molar-refractivity contribution in [3.8, 4) is 0 Å². The van der Waals surface area contributed by atoms with Crippen molar-refractivity contribution in [3.05, 3.63) is 0 Å². The van der Waals surface area contributed by atoms with Crippen molar-refractivity contribution in [2.75, 3.05) is 0 Å².